The molecule has 1 saturated heterocycles. The molecular formula is C13H21ClN4O2. The van der Waals surface area contributed by atoms with E-state index < -0.39 is 12.0 Å². The summed E-state index contributed by atoms with van der Waals surface area (Å²) in [4.78, 5) is 15.3. The van der Waals surface area contributed by atoms with Gasteiger partial charge < -0.3 is 5.11 Å². The van der Waals surface area contributed by atoms with E-state index in [1.807, 2.05) is 25.9 Å². The number of carboxylic acids is 1. The maximum Gasteiger partial charge on any atom is 0.322 e. The molecule has 1 N–H and O–H groups in total. The maximum atomic E-state index is 11.2. The van der Waals surface area contributed by atoms with Gasteiger partial charge in [0.15, 0.2) is 0 Å². The van der Waals surface area contributed by atoms with Crippen LogP contribution >= 0.6 is 11.6 Å². The molecule has 1 aromatic heterocycles. The predicted molar refractivity (Wildman–Crippen MR) is 76.9 cm³/mol. The molecule has 6 nitrogen and oxygen atoms in total. The Morgan fingerprint density at radius 2 is 2.15 bits per heavy atom. The van der Waals surface area contributed by atoms with Gasteiger partial charge in [-0.2, -0.15) is 5.10 Å². The van der Waals surface area contributed by atoms with Gasteiger partial charge in [0, 0.05) is 38.8 Å². The van der Waals surface area contributed by atoms with Gasteiger partial charge in [0.2, 0.25) is 0 Å². The summed E-state index contributed by atoms with van der Waals surface area (Å²) in [5, 5.41) is 14.3. The number of carboxylic acid groups (broad SMARTS) is 1. The van der Waals surface area contributed by atoms with Crippen LogP contribution in [0.4, 0.5) is 0 Å². The van der Waals surface area contributed by atoms with Crippen molar-refractivity contribution >= 4 is 17.6 Å². The molecule has 0 bridgehead atoms. The summed E-state index contributed by atoms with van der Waals surface area (Å²) in [6, 6.07) is -0.454. The lowest BCUT2D eigenvalue weighted by molar-refractivity contribution is -0.145. The molecule has 2 heterocycles. The Kier molecular flexibility index (Phi) is 4.67. The van der Waals surface area contributed by atoms with E-state index in [1.165, 1.54) is 0 Å². The van der Waals surface area contributed by atoms with Crippen molar-refractivity contribution in [2.24, 2.45) is 7.05 Å². The lowest BCUT2D eigenvalue weighted by atomic mass is 10.1. The Labute approximate surface area is 123 Å². The van der Waals surface area contributed by atoms with Gasteiger partial charge in [-0.25, -0.2) is 0 Å². The molecule has 2 rings (SSSR count). The van der Waals surface area contributed by atoms with Crippen LogP contribution in [0, 0.1) is 0 Å². The van der Waals surface area contributed by atoms with Crippen LogP contribution in [0.2, 0.25) is 5.15 Å². The highest BCUT2D eigenvalue weighted by molar-refractivity contribution is 6.30. The highest BCUT2D eigenvalue weighted by Crippen LogP contribution is 2.23. The molecule has 0 radical (unpaired) electrons. The van der Waals surface area contributed by atoms with Crippen molar-refractivity contribution in [2.45, 2.75) is 25.9 Å². The van der Waals surface area contributed by atoms with E-state index >= 15 is 0 Å². The van der Waals surface area contributed by atoms with E-state index in [-0.39, 0.29) is 0 Å². The van der Waals surface area contributed by atoms with Crippen molar-refractivity contribution in [2.75, 3.05) is 26.7 Å². The highest BCUT2D eigenvalue weighted by atomic mass is 35.5. The molecule has 0 spiro atoms. The third kappa shape index (κ3) is 2.97. The fraction of sp³-hybridized carbons (Fsp3) is 0.692. The van der Waals surface area contributed by atoms with Gasteiger partial charge in [0.25, 0.3) is 0 Å². The summed E-state index contributed by atoms with van der Waals surface area (Å²) in [5.74, 6) is -0.773. The molecule has 1 aromatic rings. The largest absolute Gasteiger partial charge is 0.480 e. The first-order valence-electron chi connectivity index (χ1n) is 6.79. The molecule has 7 heteroatoms. The summed E-state index contributed by atoms with van der Waals surface area (Å²) in [5.41, 5.74) is 2.01. The molecule has 1 atom stereocenters. The third-order valence-corrected chi connectivity index (χ3v) is 4.36. The number of aliphatic carboxylic acids is 1. The molecule has 112 valence electrons. The van der Waals surface area contributed by atoms with Crippen molar-refractivity contribution in [3.63, 3.8) is 0 Å². The standard InChI is InChI=1S/C13H21ClN4O2/c1-4-10-9(12(14)17(3)15-10)7-18-6-5-16(2)11(8-18)13(19)20/h11H,4-8H2,1-3H3,(H,19,20). The van der Waals surface area contributed by atoms with E-state index in [1.54, 1.807) is 4.68 Å². The minimum absolute atomic E-state index is 0.454. The van der Waals surface area contributed by atoms with Crippen LogP contribution in [-0.2, 0) is 24.8 Å². The van der Waals surface area contributed by atoms with Gasteiger partial charge >= 0.3 is 5.97 Å². The second kappa shape index (κ2) is 6.11. The normalized spacial score (nSPS) is 21.3. The average Bonchev–Trinajstić information content (AvgIpc) is 2.68. The quantitative estimate of drug-likeness (QED) is 0.893. The first-order chi connectivity index (χ1) is 9.43. The van der Waals surface area contributed by atoms with Gasteiger partial charge in [-0.1, -0.05) is 18.5 Å². The molecule has 1 fully saturated rings. The van der Waals surface area contributed by atoms with Crippen molar-refractivity contribution in [1.29, 1.82) is 0 Å². The molecule has 1 aliphatic rings. The average molecular weight is 301 g/mol. The Hall–Kier alpha value is -1.11. The van der Waals surface area contributed by atoms with Crippen LogP contribution in [0.5, 0.6) is 0 Å². The fourth-order valence-corrected chi connectivity index (χ4v) is 2.81. The van der Waals surface area contributed by atoms with Crippen LogP contribution in [-0.4, -0.2) is 63.4 Å². The number of rotatable bonds is 4. The fourth-order valence-electron chi connectivity index (χ4n) is 2.60. The van der Waals surface area contributed by atoms with Crippen LogP contribution < -0.4 is 0 Å². The van der Waals surface area contributed by atoms with Gasteiger partial charge in [0.1, 0.15) is 11.2 Å². The number of aromatic nitrogens is 2. The minimum Gasteiger partial charge on any atom is -0.480 e. The second-order valence-corrected chi connectivity index (χ2v) is 5.62. The van der Waals surface area contributed by atoms with Crippen LogP contribution in [0.15, 0.2) is 0 Å². The number of hydrogen-bond donors (Lipinski definition) is 1. The summed E-state index contributed by atoms with van der Waals surface area (Å²) < 4.78 is 1.68. The van der Waals surface area contributed by atoms with Crippen molar-refractivity contribution in [3.8, 4) is 0 Å². The number of likely N-dealkylation sites (N-methyl/N-ethyl adjacent to an activating group) is 1. The number of carbonyl (C=O) groups is 1. The lowest BCUT2D eigenvalue weighted by Gasteiger charge is -2.37. The van der Waals surface area contributed by atoms with Gasteiger partial charge in [-0.05, 0) is 13.5 Å². The van der Waals surface area contributed by atoms with Crippen LogP contribution in [0.3, 0.4) is 0 Å². The Morgan fingerprint density at radius 3 is 2.75 bits per heavy atom. The minimum atomic E-state index is -0.773. The zero-order chi connectivity index (χ0) is 14.9. The molecule has 0 aromatic carbocycles. The Morgan fingerprint density at radius 1 is 1.45 bits per heavy atom. The molecule has 20 heavy (non-hydrogen) atoms. The molecule has 0 aliphatic carbocycles. The summed E-state index contributed by atoms with van der Waals surface area (Å²) >= 11 is 6.29. The van der Waals surface area contributed by atoms with E-state index in [2.05, 4.69) is 10.00 Å². The third-order valence-electron chi connectivity index (χ3n) is 3.89. The summed E-state index contributed by atoms with van der Waals surface area (Å²) in [7, 11) is 3.68. The number of nitrogens with zero attached hydrogens (tertiary/aromatic N) is 4. The molecule has 0 amide bonds. The van der Waals surface area contributed by atoms with Gasteiger partial charge in [-0.3, -0.25) is 19.3 Å². The molecule has 0 saturated carbocycles. The smallest absolute Gasteiger partial charge is 0.322 e. The molecule has 1 aliphatic heterocycles. The number of piperazine rings is 1. The Balaban J connectivity index is 2.12. The first kappa shape index (κ1) is 15.3. The van der Waals surface area contributed by atoms with E-state index in [0.29, 0.717) is 18.2 Å². The predicted octanol–water partition coefficient (Wildman–Crippen LogP) is 0.837. The van der Waals surface area contributed by atoms with Crippen molar-refractivity contribution < 1.29 is 9.90 Å². The van der Waals surface area contributed by atoms with Crippen LogP contribution in [0.1, 0.15) is 18.2 Å². The second-order valence-electron chi connectivity index (χ2n) is 5.26. The van der Waals surface area contributed by atoms with E-state index in [0.717, 1.165) is 30.8 Å². The van der Waals surface area contributed by atoms with Gasteiger partial charge in [-0.15, -0.1) is 0 Å². The highest BCUT2D eigenvalue weighted by Gasteiger charge is 2.30. The van der Waals surface area contributed by atoms with E-state index in [9.17, 15) is 9.90 Å². The zero-order valence-corrected chi connectivity index (χ0v) is 12.9. The first-order valence-corrected chi connectivity index (χ1v) is 7.17. The summed E-state index contributed by atoms with van der Waals surface area (Å²) in [6.45, 7) is 4.81. The SMILES string of the molecule is CCc1nn(C)c(Cl)c1CN1CCN(C)C(C(=O)O)C1. The van der Waals surface area contributed by atoms with Crippen LogP contribution in [0.25, 0.3) is 0 Å². The zero-order valence-electron chi connectivity index (χ0n) is 12.1. The number of aryl methyl sites for hydroxylation is 2. The van der Waals surface area contributed by atoms with Gasteiger partial charge in [0.05, 0.1) is 5.69 Å². The Bertz CT molecular complexity index is 503. The number of hydrogen-bond acceptors (Lipinski definition) is 4. The summed E-state index contributed by atoms with van der Waals surface area (Å²) in [6.07, 6.45) is 0.825. The van der Waals surface area contributed by atoms with Crippen molar-refractivity contribution in [3.05, 3.63) is 16.4 Å². The van der Waals surface area contributed by atoms with Crippen molar-refractivity contribution in [1.82, 2.24) is 19.6 Å². The maximum absolute atomic E-state index is 11.2. The molecular weight excluding hydrogens is 280 g/mol. The topological polar surface area (TPSA) is 61.6 Å². The monoisotopic (exact) mass is 300 g/mol. The number of halogens is 1. The lowest BCUT2D eigenvalue weighted by Crippen LogP contribution is -2.54. The van der Waals surface area contributed by atoms with E-state index in [4.69, 9.17) is 11.6 Å². The molecule has 1 unspecified atom stereocenters.